The number of anilines is 1. The smallest absolute Gasteiger partial charge is 0.242 e. The quantitative estimate of drug-likeness (QED) is 0.796. The molecule has 0 aliphatic heterocycles. The first-order chi connectivity index (χ1) is 11.8. The molecule has 0 bridgehead atoms. The van der Waals surface area contributed by atoms with Crippen molar-refractivity contribution >= 4 is 33.2 Å². The lowest BCUT2D eigenvalue weighted by atomic mass is 10.2. The van der Waals surface area contributed by atoms with E-state index in [2.05, 4.69) is 5.32 Å². The summed E-state index contributed by atoms with van der Waals surface area (Å²) in [5.74, 6) is -0.170. The molecular weight excluding hydrogens is 360 g/mol. The molecule has 134 valence electrons. The summed E-state index contributed by atoms with van der Waals surface area (Å²) >= 11 is 6.03. The third-order valence-corrected chi connectivity index (χ3v) is 6.15. The number of halogens is 1. The number of carbonyl (C=O) groups is 1. The van der Waals surface area contributed by atoms with Crippen LogP contribution in [0.15, 0.2) is 53.4 Å². The molecule has 2 rings (SSSR count). The molecule has 0 aliphatic carbocycles. The van der Waals surface area contributed by atoms with E-state index in [-0.39, 0.29) is 23.8 Å². The SMILES string of the molecule is Cc1c(Cl)cccc1NC(=O)CCCN(C)S(=O)(=O)c1ccccc1. The first-order valence-electron chi connectivity index (χ1n) is 7.88. The van der Waals surface area contributed by atoms with Crippen LogP contribution in [0.3, 0.4) is 0 Å². The van der Waals surface area contributed by atoms with Gasteiger partial charge in [-0.1, -0.05) is 35.9 Å². The number of sulfonamides is 1. The molecule has 0 saturated heterocycles. The maximum atomic E-state index is 12.4. The number of hydrogen-bond donors (Lipinski definition) is 1. The zero-order chi connectivity index (χ0) is 18.4. The van der Waals surface area contributed by atoms with Gasteiger partial charge in [-0.25, -0.2) is 12.7 Å². The number of hydrogen-bond acceptors (Lipinski definition) is 3. The molecule has 0 saturated carbocycles. The molecule has 0 heterocycles. The summed E-state index contributed by atoms with van der Waals surface area (Å²) in [5, 5.41) is 3.39. The molecule has 2 aromatic carbocycles. The average molecular weight is 381 g/mol. The second-order valence-corrected chi connectivity index (χ2v) is 8.16. The van der Waals surface area contributed by atoms with E-state index >= 15 is 0 Å². The first kappa shape index (κ1) is 19.4. The molecule has 0 spiro atoms. The van der Waals surface area contributed by atoms with Crippen LogP contribution in [0, 0.1) is 6.92 Å². The summed E-state index contributed by atoms with van der Waals surface area (Å²) in [6.07, 6.45) is 0.647. The predicted molar refractivity (Wildman–Crippen MR) is 100 cm³/mol. The minimum Gasteiger partial charge on any atom is -0.326 e. The third kappa shape index (κ3) is 5.04. The Hall–Kier alpha value is -1.89. The van der Waals surface area contributed by atoms with Crippen LogP contribution in [0.2, 0.25) is 5.02 Å². The van der Waals surface area contributed by atoms with E-state index in [0.29, 0.717) is 17.1 Å². The van der Waals surface area contributed by atoms with Gasteiger partial charge in [-0.2, -0.15) is 0 Å². The first-order valence-corrected chi connectivity index (χ1v) is 9.70. The van der Waals surface area contributed by atoms with Gasteiger partial charge in [0.15, 0.2) is 0 Å². The van der Waals surface area contributed by atoms with E-state index in [1.807, 2.05) is 6.92 Å². The van der Waals surface area contributed by atoms with E-state index in [1.54, 1.807) is 48.5 Å². The topological polar surface area (TPSA) is 66.5 Å². The summed E-state index contributed by atoms with van der Waals surface area (Å²) in [4.78, 5) is 12.3. The summed E-state index contributed by atoms with van der Waals surface area (Å²) in [7, 11) is -2.01. The van der Waals surface area contributed by atoms with Crippen molar-refractivity contribution in [2.24, 2.45) is 0 Å². The lowest BCUT2D eigenvalue weighted by Gasteiger charge is -2.17. The van der Waals surface area contributed by atoms with E-state index in [9.17, 15) is 13.2 Å². The Labute approximate surface area is 153 Å². The van der Waals surface area contributed by atoms with Gasteiger partial charge in [-0.3, -0.25) is 4.79 Å². The Morgan fingerprint density at radius 2 is 1.80 bits per heavy atom. The van der Waals surface area contributed by atoms with Crippen molar-refractivity contribution in [1.29, 1.82) is 0 Å². The van der Waals surface area contributed by atoms with E-state index < -0.39 is 10.0 Å². The third-order valence-electron chi connectivity index (χ3n) is 3.87. The lowest BCUT2D eigenvalue weighted by Crippen LogP contribution is -2.28. The van der Waals surface area contributed by atoms with Crippen LogP contribution in [0.1, 0.15) is 18.4 Å². The number of rotatable bonds is 7. The van der Waals surface area contributed by atoms with Crippen molar-refractivity contribution in [2.45, 2.75) is 24.7 Å². The van der Waals surface area contributed by atoms with Crippen LogP contribution < -0.4 is 5.32 Å². The van der Waals surface area contributed by atoms with Gasteiger partial charge in [0.2, 0.25) is 15.9 Å². The zero-order valence-electron chi connectivity index (χ0n) is 14.2. The molecule has 0 aliphatic rings. The van der Waals surface area contributed by atoms with Gasteiger partial charge >= 0.3 is 0 Å². The normalized spacial score (nSPS) is 11.5. The number of nitrogens with one attached hydrogen (secondary N) is 1. The highest BCUT2D eigenvalue weighted by Crippen LogP contribution is 2.23. The van der Waals surface area contributed by atoms with Crippen LogP contribution in [0.4, 0.5) is 5.69 Å². The molecule has 1 N–H and O–H groups in total. The predicted octanol–water partition coefficient (Wildman–Crippen LogP) is 3.69. The molecule has 5 nitrogen and oxygen atoms in total. The van der Waals surface area contributed by atoms with Gasteiger partial charge in [0.25, 0.3) is 0 Å². The fraction of sp³-hybridized carbons (Fsp3) is 0.278. The molecule has 0 aromatic heterocycles. The van der Waals surface area contributed by atoms with Gasteiger partial charge in [0.05, 0.1) is 4.90 Å². The highest BCUT2D eigenvalue weighted by Gasteiger charge is 2.20. The summed E-state index contributed by atoms with van der Waals surface area (Å²) in [5.41, 5.74) is 1.48. The van der Waals surface area contributed by atoms with Gasteiger partial charge in [0, 0.05) is 30.7 Å². The minimum absolute atomic E-state index is 0.170. The Morgan fingerprint density at radius 1 is 1.12 bits per heavy atom. The molecule has 2 aromatic rings. The van der Waals surface area contributed by atoms with Crippen LogP contribution in [-0.2, 0) is 14.8 Å². The van der Waals surface area contributed by atoms with Crippen molar-refractivity contribution in [3.63, 3.8) is 0 Å². The standard InChI is InChI=1S/C18H21ClN2O3S/c1-14-16(19)10-6-11-17(14)20-18(22)12-7-13-21(2)25(23,24)15-8-4-3-5-9-15/h3-6,8-11H,7,12-13H2,1-2H3,(H,20,22). The molecule has 0 unspecified atom stereocenters. The largest absolute Gasteiger partial charge is 0.326 e. The Kier molecular flexibility index (Phi) is 6.58. The number of carbonyl (C=O) groups excluding carboxylic acids is 1. The molecule has 0 fully saturated rings. The van der Waals surface area contributed by atoms with Crippen molar-refractivity contribution in [1.82, 2.24) is 4.31 Å². The highest BCUT2D eigenvalue weighted by molar-refractivity contribution is 7.89. The zero-order valence-corrected chi connectivity index (χ0v) is 15.8. The van der Waals surface area contributed by atoms with Crippen LogP contribution in [0.25, 0.3) is 0 Å². The van der Waals surface area contributed by atoms with Gasteiger partial charge in [0.1, 0.15) is 0 Å². The fourth-order valence-corrected chi connectivity index (χ4v) is 3.72. The Morgan fingerprint density at radius 3 is 2.48 bits per heavy atom. The van der Waals surface area contributed by atoms with Gasteiger partial charge in [-0.05, 0) is 43.2 Å². The molecule has 25 heavy (non-hydrogen) atoms. The number of benzene rings is 2. The summed E-state index contributed by atoms with van der Waals surface area (Å²) < 4.78 is 26.0. The highest BCUT2D eigenvalue weighted by atomic mass is 35.5. The monoisotopic (exact) mass is 380 g/mol. The van der Waals surface area contributed by atoms with E-state index in [0.717, 1.165) is 5.56 Å². The number of nitrogens with zero attached hydrogens (tertiary/aromatic N) is 1. The van der Waals surface area contributed by atoms with Crippen molar-refractivity contribution in [3.8, 4) is 0 Å². The Bertz CT molecular complexity index is 839. The van der Waals surface area contributed by atoms with Crippen molar-refractivity contribution in [2.75, 3.05) is 18.9 Å². The molecular formula is C18H21ClN2O3S. The van der Waals surface area contributed by atoms with Crippen molar-refractivity contribution in [3.05, 3.63) is 59.1 Å². The van der Waals surface area contributed by atoms with Crippen LogP contribution in [0.5, 0.6) is 0 Å². The van der Waals surface area contributed by atoms with Crippen LogP contribution in [-0.4, -0.2) is 32.2 Å². The maximum absolute atomic E-state index is 12.4. The Balaban J connectivity index is 1.88. The van der Waals surface area contributed by atoms with E-state index in [1.165, 1.54) is 11.4 Å². The molecule has 1 amide bonds. The lowest BCUT2D eigenvalue weighted by molar-refractivity contribution is -0.116. The van der Waals surface area contributed by atoms with E-state index in [4.69, 9.17) is 11.6 Å². The average Bonchev–Trinajstić information content (AvgIpc) is 2.59. The summed E-state index contributed by atoms with van der Waals surface area (Å²) in [6, 6.07) is 13.6. The number of amides is 1. The molecule has 0 radical (unpaired) electrons. The summed E-state index contributed by atoms with van der Waals surface area (Å²) in [6.45, 7) is 2.09. The molecule has 7 heteroatoms. The second-order valence-electron chi connectivity index (χ2n) is 5.70. The molecule has 0 atom stereocenters. The van der Waals surface area contributed by atoms with Gasteiger partial charge in [-0.15, -0.1) is 0 Å². The fourth-order valence-electron chi connectivity index (χ4n) is 2.31. The minimum atomic E-state index is -3.52. The maximum Gasteiger partial charge on any atom is 0.242 e. The second kappa shape index (κ2) is 8.47. The van der Waals surface area contributed by atoms with Gasteiger partial charge < -0.3 is 5.32 Å². The van der Waals surface area contributed by atoms with Crippen LogP contribution >= 0.6 is 11.6 Å². The van der Waals surface area contributed by atoms with Crippen molar-refractivity contribution < 1.29 is 13.2 Å².